The minimum atomic E-state index is -0.333. The third-order valence-electron chi connectivity index (χ3n) is 2.84. The number of thioether (sulfide) groups is 1. The van der Waals surface area contributed by atoms with Gasteiger partial charge in [0.15, 0.2) is 0 Å². The summed E-state index contributed by atoms with van der Waals surface area (Å²) >= 11 is 1.79. The second-order valence-corrected chi connectivity index (χ2v) is 5.63. The topological polar surface area (TPSA) is 42.4 Å². The Kier molecular flexibility index (Phi) is 6.50. The Morgan fingerprint density at radius 2 is 2.17 bits per heavy atom. The number of hydrogen-bond donors (Lipinski definition) is 1. The van der Waals surface area contributed by atoms with Crippen LogP contribution in [0.2, 0.25) is 0 Å². The van der Waals surface area contributed by atoms with E-state index in [-0.39, 0.29) is 6.10 Å². The minimum absolute atomic E-state index is 0.333. The molecule has 1 atom stereocenters. The van der Waals surface area contributed by atoms with Crippen LogP contribution in [0.15, 0.2) is 6.20 Å². The Morgan fingerprint density at radius 1 is 1.44 bits per heavy atom. The van der Waals surface area contributed by atoms with Gasteiger partial charge in [-0.05, 0) is 26.0 Å². The number of ether oxygens (including phenoxy) is 1. The van der Waals surface area contributed by atoms with E-state index in [1.165, 1.54) is 0 Å². The molecule has 0 aromatic carbocycles. The second kappa shape index (κ2) is 7.64. The summed E-state index contributed by atoms with van der Waals surface area (Å²) < 4.78 is 5.37. The van der Waals surface area contributed by atoms with Crippen molar-refractivity contribution in [2.75, 3.05) is 18.6 Å². The van der Waals surface area contributed by atoms with Crippen LogP contribution in [0.25, 0.3) is 0 Å². The van der Waals surface area contributed by atoms with E-state index in [1.807, 2.05) is 20.0 Å². The summed E-state index contributed by atoms with van der Waals surface area (Å²) in [5.41, 5.74) is 3.01. The molecule has 4 heteroatoms. The normalized spacial score (nSPS) is 12.5. The Morgan fingerprint density at radius 3 is 2.78 bits per heavy atom. The number of aliphatic hydroxyl groups is 1. The van der Waals surface area contributed by atoms with Crippen molar-refractivity contribution in [2.24, 2.45) is 0 Å². The Bertz CT molecular complexity index is 382. The molecule has 0 spiro atoms. The van der Waals surface area contributed by atoms with E-state index >= 15 is 0 Å². The molecular formula is C14H23NO2S. The van der Waals surface area contributed by atoms with Gasteiger partial charge in [0.05, 0.1) is 13.2 Å². The number of rotatable bonds is 7. The first-order valence-corrected chi connectivity index (χ1v) is 7.50. The Balaban J connectivity index is 2.67. The van der Waals surface area contributed by atoms with Crippen molar-refractivity contribution < 1.29 is 9.84 Å². The maximum Gasteiger partial charge on any atom is 0.128 e. The summed E-state index contributed by atoms with van der Waals surface area (Å²) in [4.78, 5) is 4.41. The van der Waals surface area contributed by atoms with Crippen molar-refractivity contribution in [1.29, 1.82) is 0 Å². The zero-order valence-corrected chi connectivity index (χ0v) is 12.5. The van der Waals surface area contributed by atoms with Crippen molar-refractivity contribution in [1.82, 2.24) is 4.98 Å². The van der Waals surface area contributed by atoms with E-state index < -0.39 is 0 Å². The molecule has 0 saturated carbocycles. The zero-order valence-electron chi connectivity index (χ0n) is 11.7. The van der Waals surface area contributed by atoms with Crippen LogP contribution in [0.3, 0.4) is 0 Å². The summed E-state index contributed by atoms with van der Waals surface area (Å²) in [6, 6.07) is 0. The fraction of sp³-hybridized carbons (Fsp3) is 0.643. The number of nitrogens with zero attached hydrogens (tertiary/aromatic N) is 1. The summed E-state index contributed by atoms with van der Waals surface area (Å²) in [6.45, 7) is 6.13. The average Bonchev–Trinajstić information content (AvgIpc) is 2.34. The maximum atomic E-state index is 9.98. The van der Waals surface area contributed by atoms with Gasteiger partial charge in [0.1, 0.15) is 5.75 Å². The Hall–Kier alpha value is -0.740. The molecule has 0 amide bonds. The summed E-state index contributed by atoms with van der Waals surface area (Å²) in [5.74, 6) is 2.75. The van der Waals surface area contributed by atoms with Gasteiger partial charge in [-0.2, -0.15) is 11.8 Å². The van der Waals surface area contributed by atoms with Gasteiger partial charge in [-0.25, -0.2) is 0 Å². The van der Waals surface area contributed by atoms with Crippen molar-refractivity contribution >= 4 is 11.8 Å². The van der Waals surface area contributed by atoms with Gasteiger partial charge in [-0.1, -0.05) is 6.92 Å². The second-order valence-electron chi connectivity index (χ2n) is 4.48. The van der Waals surface area contributed by atoms with Gasteiger partial charge in [0.25, 0.3) is 0 Å². The SMILES string of the molecule is CCCSCC(O)Cc1ncc(C)c(OC)c1C. The monoisotopic (exact) mass is 269 g/mol. The molecule has 3 nitrogen and oxygen atoms in total. The standard InChI is InChI=1S/C14H23NO2S/c1-5-6-18-9-12(16)7-13-11(3)14(17-4)10(2)8-15-13/h8,12,16H,5-7,9H2,1-4H3. The van der Waals surface area contributed by atoms with Crippen molar-refractivity contribution in [3.63, 3.8) is 0 Å². The lowest BCUT2D eigenvalue weighted by Gasteiger charge is -2.15. The molecule has 0 aliphatic rings. The number of aromatic nitrogens is 1. The zero-order chi connectivity index (χ0) is 13.5. The largest absolute Gasteiger partial charge is 0.496 e. The molecule has 0 radical (unpaired) electrons. The third-order valence-corrected chi connectivity index (χ3v) is 4.15. The molecule has 18 heavy (non-hydrogen) atoms. The summed E-state index contributed by atoms with van der Waals surface area (Å²) in [7, 11) is 1.67. The van der Waals surface area contributed by atoms with Crippen LogP contribution < -0.4 is 4.74 Å². The minimum Gasteiger partial charge on any atom is -0.496 e. The highest BCUT2D eigenvalue weighted by molar-refractivity contribution is 7.99. The lowest BCUT2D eigenvalue weighted by atomic mass is 10.1. The molecule has 1 heterocycles. The van der Waals surface area contributed by atoms with Gasteiger partial charge in [-0.3, -0.25) is 4.98 Å². The van der Waals surface area contributed by atoms with Gasteiger partial charge in [0.2, 0.25) is 0 Å². The summed E-state index contributed by atoms with van der Waals surface area (Å²) in [6.07, 6.45) is 3.22. The van der Waals surface area contributed by atoms with Gasteiger partial charge in [-0.15, -0.1) is 0 Å². The van der Waals surface area contributed by atoms with Crippen LogP contribution in [-0.4, -0.2) is 34.8 Å². The first-order valence-electron chi connectivity index (χ1n) is 6.35. The summed E-state index contributed by atoms with van der Waals surface area (Å²) in [5, 5.41) is 9.98. The first kappa shape index (κ1) is 15.3. The highest BCUT2D eigenvalue weighted by atomic mass is 32.2. The molecule has 1 aromatic rings. The highest BCUT2D eigenvalue weighted by Crippen LogP contribution is 2.25. The molecule has 1 N–H and O–H groups in total. The molecule has 102 valence electrons. The molecule has 0 fully saturated rings. The molecule has 1 aromatic heterocycles. The fourth-order valence-electron chi connectivity index (χ4n) is 1.92. The molecule has 0 aliphatic heterocycles. The average molecular weight is 269 g/mol. The van der Waals surface area contributed by atoms with Crippen LogP contribution in [0, 0.1) is 13.8 Å². The number of aryl methyl sites for hydroxylation is 1. The number of pyridine rings is 1. The number of aliphatic hydroxyl groups excluding tert-OH is 1. The van der Waals surface area contributed by atoms with Gasteiger partial charge in [0, 0.05) is 35.2 Å². The third kappa shape index (κ3) is 4.18. The van der Waals surface area contributed by atoms with Crippen molar-refractivity contribution in [3.05, 3.63) is 23.0 Å². The van der Waals surface area contributed by atoms with Crippen LogP contribution in [0.5, 0.6) is 5.75 Å². The number of hydrogen-bond acceptors (Lipinski definition) is 4. The van der Waals surface area contributed by atoms with E-state index in [2.05, 4.69) is 11.9 Å². The highest BCUT2D eigenvalue weighted by Gasteiger charge is 2.13. The molecule has 1 unspecified atom stereocenters. The van der Waals surface area contributed by atoms with Crippen molar-refractivity contribution in [2.45, 2.75) is 39.7 Å². The van der Waals surface area contributed by atoms with Crippen LogP contribution in [-0.2, 0) is 6.42 Å². The molecule has 1 rings (SSSR count). The molecule has 0 bridgehead atoms. The first-order chi connectivity index (χ1) is 8.60. The van der Waals surface area contributed by atoms with Crippen LogP contribution >= 0.6 is 11.8 Å². The molecule has 0 aliphatic carbocycles. The van der Waals surface area contributed by atoms with E-state index in [4.69, 9.17) is 4.74 Å². The maximum absolute atomic E-state index is 9.98. The smallest absolute Gasteiger partial charge is 0.128 e. The van der Waals surface area contributed by atoms with E-state index in [0.717, 1.165) is 40.5 Å². The van der Waals surface area contributed by atoms with E-state index in [0.29, 0.717) is 6.42 Å². The molecule has 0 saturated heterocycles. The van der Waals surface area contributed by atoms with Gasteiger partial charge >= 0.3 is 0 Å². The lowest BCUT2D eigenvalue weighted by Crippen LogP contribution is -2.16. The predicted molar refractivity (Wildman–Crippen MR) is 77.6 cm³/mol. The van der Waals surface area contributed by atoms with Crippen LogP contribution in [0.1, 0.15) is 30.2 Å². The van der Waals surface area contributed by atoms with Crippen molar-refractivity contribution in [3.8, 4) is 5.75 Å². The fourth-order valence-corrected chi connectivity index (χ4v) is 2.77. The molecular weight excluding hydrogens is 246 g/mol. The van der Waals surface area contributed by atoms with Crippen LogP contribution in [0.4, 0.5) is 0 Å². The quantitative estimate of drug-likeness (QED) is 0.773. The predicted octanol–water partition coefficient (Wildman–Crippen LogP) is 2.75. The lowest BCUT2D eigenvalue weighted by molar-refractivity contribution is 0.198. The van der Waals surface area contributed by atoms with E-state index in [1.54, 1.807) is 18.9 Å². The Labute approximate surface area is 114 Å². The van der Waals surface area contributed by atoms with Gasteiger partial charge < -0.3 is 9.84 Å². The van der Waals surface area contributed by atoms with E-state index in [9.17, 15) is 5.11 Å². The number of methoxy groups -OCH3 is 1.